The first-order valence-electron chi connectivity index (χ1n) is 7.53. The molecule has 1 aromatic carbocycles. The minimum absolute atomic E-state index is 0.0415. The van der Waals surface area contributed by atoms with Crippen molar-refractivity contribution in [1.82, 2.24) is 9.47 Å². The number of benzene rings is 1. The van der Waals surface area contributed by atoms with Crippen molar-refractivity contribution < 1.29 is 4.79 Å². The fraction of sp³-hybridized carbons (Fsp3) is 0.294. The Hall–Kier alpha value is -2.40. The number of rotatable bonds is 4. The van der Waals surface area contributed by atoms with Crippen molar-refractivity contribution in [3.8, 4) is 5.69 Å². The summed E-state index contributed by atoms with van der Waals surface area (Å²) in [4.78, 5) is 26.2. The SMILES string of the molecule is O=C(CN1CCCC1)Nc1ccc(=O)n(-c2ccccc2)c1. The van der Waals surface area contributed by atoms with Gasteiger partial charge in [-0.15, -0.1) is 0 Å². The van der Waals surface area contributed by atoms with E-state index in [1.54, 1.807) is 12.3 Å². The van der Waals surface area contributed by atoms with Crippen LogP contribution in [0.3, 0.4) is 0 Å². The number of para-hydroxylation sites is 1. The fourth-order valence-electron chi connectivity index (χ4n) is 2.70. The number of carbonyl (C=O) groups excluding carboxylic acids is 1. The molecular weight excluding hydrogens is 278 g/mol. The molecule has 3 rings (SSSR count). The molecule has 1 aliphatic rings. The van der Waals surface area contributed by atoms with Crippen LogP contribution in [0, 0.1) is 0 Å². The third-order valence-electron chi connectivity index (χ3n) is 3.80. The molecule has 0 bridgehead atoms. The van der Waals surface area contributed by atoms with Gasteiger partial charge in [0.05, 0.1) is 12.2 Å². The van der Waals surface area contributed by atoms with Crippen LogP contribution in [0.4, 0.5) is 5.69 Å². The van der Waals surface area contributed by atoms with Crippen molar-refractivity contribution in [2.24, 2.45) is 0 Å². The van der Waals surface area contributed by atoms with E-state index in [0.29, 0.717) is 12.2 Å². The van der Waals surface area contributed by atoms with Gasteiger partial charge in [-0.1, -0.05) is 18.2 Å². The van der Waals surface area contributed by atoms with Crippen LogP contribution in [0.1, 0.15) is 12.8 Å². The molecule has 0 unspecified atom stereocenters. The summed E-state index contributed by atoms with van der Waals surface area (Å²) in [7, 11) is 0. The fourth-order valence-corrected chi connectivity index (χ4v) is 2.70. The van der Waals surface area contributed by atoms with Gasteiger partial charge in [0.1, 0.15) is 0 Å². The van der Waals surface area contributed by atoms with Crippen molar-refractivity contribution >= 4 is 11.6 Å². The summed E-state index contributed by atoms with van der Waals surface area (Å²) in [6, 6.07) is 12.5. The van der Waals surface area contributed by atoms with Gasteiger partial charge < -0.3 is 5.32 Å². The van der Waals surface area contributed by atoms with E-state index < -0.39 is 0 Å². The molecule has 114 valence electrons. The van der Waals surface area contributed by atoms with E-state index in [9.17, 15) is 9.59 Å². The van der Waals surface area contributed by atoms with Crippen LogP contribution in [-0.4, -0.2) is 35.0 Å². The van der Waals surface area contributed by atoms with Crippen LogP contribution in [0.25, 0.3) is 5.69 Å². The molecular formula is C17H19N3O2. The molecule has 22 heavy (non-hydrogen) atoms. The summed E-state index contributed by atoms with van der Waals surface area (Å²) in [6.07, 6.45) is 3.98. The summed E-state index contributed by atoms with van der Waals surface area (Å²) >= 11 is 0. The molecule has 1 amide bonds. The van der Waals surface area contributed by atoms with Gasteiger partial charge in [-0.05, 0) is 44.1 Å². The highest BCUT2D eigenvalue weighted by molar-refractivity contribution is 5.92. The van der Waals surface area contributed by atoms with Gasteiger partial charge in [-0.25, -0.2) is 0 Å². The number of carbonyl (C=O) groups is 1. The topological polar surface area (TPSA) is 54.3 Å². The third kappa shape index (κ3) is 3.43. The van der Waals surface area contributed by atoms with Crippen molar-refractivity contribution in [2.75, 3.05) is 25.0 Å². The highest BCUT2D eigenvalue weighted by Crippen LogP contribution is 2.10. The quantitative estimate of drug-likeness (QED) is 0.937. The number of amides is 1. The van der Waals surface area contributed by atoms with E-state index in [4.69, 9.17) is 0 Å². The normalized spacial score (nSPS) is 14.9. The van der Waals surface area contributed by atoms with Gasteiger partial charge >= 0.3 is 0 Å². The molecule has 1 aliphatic heterocycles. The van der Waals surface area contributed by atoms with Crippen molar-refractivity contribution in [3.05, 3.63) is 59.0 Å². The zero-order valence-electron chi connectivity index (χ0n) is 12.4. The average molecular weight is 297 g/mol. The Bertz CT molecular complexity index is 703. The minimum atomic E-state index is -0.122. The minimum Gasteiger partial charge on any atom is -0.324 e. The first-order valence-corrected chi connectivity index (χ1v) is 7.53. The van der Waals surface area contributed by atoms with Crippen LogP contribution in [0.5, 0.6) is 0 Å². The number of hydrogen-bond acceptors (Lipinski definition) is 3. The van der Waals surface area contributed by atoms with Gasteiger partial charge in [0, 0.05) is 18.0 Å². The van der Waals surface area contributed by atoms with E-state index in [0.717, 1.165) is 31.6 Å². The summed E-state index contributed by atoms with van der Waals surface area (Å²) < 4.78 is 1.53. The highest BCUT2D eigenvalue weighted by Gasteiger charge is 2.15. The van der Waals surface area contributed by atoms with E-state index in [2.05, 4.69) is 10.2 Å². The van der Waals surface area contributed by atoms with Crippen LogP contribution in [0.15, 0.2) is 53.5 Å². The van der Waals surface area contributed by atoms with E-state index >= 15 is 0 Å². The Morgan fingerprint density at radius 2 is 1.77 bits per heavy atom. The van der Waals surface area contributed by atoms with Crippen LogP contribution < -0.4 is 10.9 Å². The summed E-state index contributed by atoms with van der Waals surface area (Å²) in [5.41, 5.74) is 1.29. The predicted octanol–water partition coefficient (Wildman–Crippen LogP) is 1.87. The molecule has 2 aromatic rings. The summed E-state index contributed by atoms with van der Waals surface area (Å²) in [5, 5.41) is 2.87. The molecule has 2 heterocycles. The molecule has 1 aromatic heterocycles. The van der Waals surface area contributed by atoms with Gasteiger partial charge in [0.15, 0.2) is 0 Å². The maximum atomic E-state index is 12.1. The largest absolute Gasteiger partial charge is 0.324 e. The third-order valence-corrected chi connectivity index (χ3v) is 3.80. The lowest BCUT2D eigenvalue weighted by Gasteiger charge is -2.14. The number of likely N-dealkylation sites (tertiary alicyclic amines) is 1. The van der Waals surface area contributed by atoms with E-state index in [1.165, 1.54) is 10.6 Å². The lowest BCUT2D eigenvalue weighted by Crippen LogP contribution is -2.31. The Labute approximate surface area is 129 Å². The Balaban J connectivity index is 1.74. The zero-order valence-corrected chi connectivity index (χ0v) is 12.4. The monoisotopic (exact) mass is 297 g/mol. The second-order valence-electron chi connectivity index (χ2n) is 5.49. The molecule has 5 nitrogen and oxygen atoms in total. The number of pyridine rings is 1. The van der Waals surface area contributed by atoms with Gasteiger partial charge in [0.25, 0.3) is 5.56 Å². The number of hydrogen-bond donors (Lipinski definition) is 1. The maximum absolute atomic E-state index is 12.1. The van der Waals surface area contributed by atoms with Crippen molar-refractivity contribution in [1.29, 1.82) is 0 Å². The van der Waals surface area contributed by atoms with E-state index in [-0.39, 0.29) is 11.5 Å². The van der Waals surface area contributed by atoms with Crippen LogP contribution in [-0.2, 0) is 4.79 Å². The first kappa shape index (κ1) is 14.5. The zero-order chi connectivity index (χ0) is 15.4. The Kier molecular flexibility index (Phi) is 4.34. The Morgan fingerprint density at radius 3 is 2.50 bits per heavy atom. The summed E-state index contributed by atoms with van der Waals surface area (Å²) in [5.74, 6) is -0.0415. The lowest BCUT2D eigenvalue weighted by molar-refractivity contribution is -0.117. The second-order valence-corrected chi connectivity index (χ2v) is 5.49. The number of anilines is 1. The number of aromatic nitrogens is 1. The predicted molar refractivity (Wildman–Crippen MR) is 86.3 cm³/mol. The second kappa shape index (κ2) is 6.58. The van der Waals surface area contributed by atoms with Gasteiger partial charge in [0.2, 0.25) is 5.91 Å². The van der Waals surface area contributed by atoms with Crippen LogP contribution >= 0.6 is 0 Å². The molecule has 0 atom stereocenters. The van der Waals surface area contributed by atoms with Gasteiger partial charge in [-0.2, -0.15) is 0 Å². The molecule has 0 aliphatic carbocycles. The molecule has 0 spiro atoms. The first-order chi connectivity index (χ1) is 10.7. The average Bonchev–Trinajstić information content (AvgIpc) is 3.03. The van der Waals surface area contributed by atoms with Crippen molar-refractivity contribution in [2.45, 2.75) is 12.8 Å². The maximum Gasteiger partial charge on any atom is 0.255 e. The van der Waals surface area contributed by atoms with Gasteiger partial charge in [-0.3, -0.25) is 19.1 Å². The Morgan fingerprint density at radius 1 is 1.05 bits per heavy atom. The molecule has 1 N–H and O–H groups in total. The van der Waals surface area contributed by atoms with Crippen LogP contribution in [0.2, 0.25) is 0 Å². The number of nitrogens with zero attached hydrogens (tertiary/aromatic N) is 2. The van der Waals surface area contributed by atoms with Crippen molar-refractivity contribution in [3.63, 3.8) is 0 Å². The van der Waals surface area contributed by atoms with E-state index in [1.807, 2.05) is 30.3 Å². The molecule has 0 radical (unpaired) electrons. The highest BCUT2D eigenvalue weighted by atomic mass is 16.2. The number of nitrogens with one attached hydrogen (secondary N) is 1. The summed E-state index contributed by atoms with van der Waals surface area (Å²) in [6.45, 7) is 2.37. The molecule has 5 heteroatoms. The molecule has 1 saturated heterocycles. The smallest absolute Gasteiger partial charge is 0.255 e. The molecule has 1 fully saturated rings. The standard InChI is InChI=1S/C17H19N3O2/c21-16(13-19-10-4-5-11-19)18-14-8-9-17(22)20(12-14)15-6-2-1-3-7-15/h1-3,6-9,12H,4-5,10-11,13H2,(H,18,21). The molecule has 0 saturated carbocycles. The lowest BCUT2D eigenvalue weighted by atomic mass is 10.3.